The largest absolute Gasteiger partial charge is 0.506 e. The molecule has 22 heavy (non-hydrogen) atoms. The third-order valence-corrected chi connectivity index (χ3v) is 3.59. The number of ether oxygens (including phenoxy) is 1. The maximum Gasteiger partial charge on any atom is 0.224 e. The first kappa shape index (κ1) is 16.4. The first-order valence-corrected chi connectivity index (χ1v) is 7.82. The maximum absolute atomic E-state index is 11.8. The van der Waals surface area contributed by atoms with E-state index in [1.54, 1.807) is 12.1 Å². The van der Waals surface area contributed by atoms with Gasteiger partial charge in [0.2, 0.25) is 5.91 Å². The Labute approximate surface area is 138 Å². The van der Waals surface area contributed by atoms with E-state index in [0.29, 0.717) is 25.1 Å². The van der Waals surface area contributed by atoms with Crippen LogP contribution < -0.4 is 10.1 Å². The van der Waals surface area contributed by atoms with E-state index < -0.39 is 0 Å². The fourth-order valence-corrected chi connectivity index (χ4v) is 2.18. The lowest BCUT2D eigenvalue weighted by atomic mass is 10.2. The summed E-state index contributed by atoms with van der Waals surface area (Å²) < 4.78 is 6.55. The van der Waals surface area contributed by atoms with Gasteiger partial charge in [-0.25, -0.2) is 0 Å². The lowest BCUT2D eigenvalue weighted by molar-refractivity contribution is -0.116. The molecule has 0 spiro atoms. The molecule has 0 bridgehead atoms. The molecule has 0 aromatic heterocycles. The van der Waals surface area contributed by atoms with Crippen LogP contribution in [0, 0.1) is 6.92 Å². The molecule has 0 fully saturated rings. The zero-order valence-electron chi connectivity index (χ0n) is 12.3. The molecule has 4 nitrogen and oxygen atoms in total. The molecular formula is C17H18BrNO3. The Morgan fingerprint density at radius 3 is 2.64 bits per heavy atom. The lowest BCUT2D eigenvalue weighted by Crippen LogP contribution is -2.13. The first-order valence-electron chi connectivity index (χ1n) is 7.02. The zero-order valence-corrected chi connectivity index (χ0v) is 13.9. The highest BCUT2D eigenvalue weighted by Gasteiger charge is 2.06. The number of amides is 1. The predicted molar refractivity (Wildman–Crippen MR) is 90.3 cm³/mol. The van der Waals surface area contributed by atoms with Crippen LogP contribution in [0.2, 0.25) is 0 Å². The number of halogens is 1. The fourth-order valence-electron chi connectivity index (χ4n) is 1.91. The molecule has 0 radical (unpaired) electrons. The Kier molecular flexibility index (Phi) is 5.83. The molecule has 2 rings (SSSR count). The molecule has 2 aromatic carbocycles. The van der Waals surface area contributed by atoms with Crippen LogP contribution in [0.4, 0.5) is 5.69 Å². The van der Waals surface area contributed by atoms with Gasteiger partial charge in [-0.2, -0.15) is 0 Å². The van der Waals surface area contributed by atoms with Crippen LogP contribution >= 0.6 is 15.9 Å². The standard InChI is InChI=1S/C17H18BrNO3/c1-12-4-9-15(16(20)11-12)19-17(21)3-2-10-22-14-7-5-13(18)6-8-14/h4-9,11,20H,2-3,10H2,1H3,(H,19,21). The molecule has 116 valence electrons. The van der Waals surface area contributed by atoms with Crippen LogP contribution in [0.3, 0.4) is 0 Å². The van der Waals surface area contributed by atoms with E-state index in [9.17, 15) is 9.90 Å². The summed E-state index contributed by atoms with van der Waals surface area (Å²) in [5.74, 6) is 0.720. The van der Waals surface area contributed by atoms with Gasteiger partial charge in [0.05, 0.1) is 12.3 Å². The Balaban J connectivity index is 1.72. The Hall–Kier alpha value is -2.01. The van der Waals surface area contributed by atoms with E-state index in [4.69, 9.17) is 4.74 Å². The molecule has 0 unspecified atom stereocenters. The molecule has 0 saturated heterocycles. The van der Waals surface area contributed by atoms with Crippen molar-refractivity contribution in [3.05, 3.63) is 52.5 Å². The molecule has 0 aliphatic rings. The van der Waals surface area contributed by atoms with Gasteiger partial charge < -0.3 is 15.2 Å². The minimum atomic E-state index is -0.140. The van der Waals surface area contributed by atoms with Gasteiger partial charge in [-0.1, -0.05) is 22.0 Å². The molecule has 1 amide bonds. The van der Waals surface area contributed by atoms with Gasteiger partial charge >= 0.3 is 0 Å². The van der Waals surface area contributed by atoms with Crippen molar-refractivity contribution in [2.24, 2.45) is 0 Å². The monoisotopic (exact) mass is 363 g/mol. The summed E-state index contributed by atoms with van der Waals surface area (Å²) >= 11 is 3.36. The summed E-state index contributed by atoms with van der Waals surface area (Å²) in [5, 5.41) is 12.4. The van der Waals surface area contributed by atoms with E-state index in [2.05, 4.69) is 21.2 Å². The second-order valence-corrected chi connectivity index (χ2v) is 5.89. The van der Waals surface area contributed by atoms with E-state index in [-0.39, 0.29) is 11.7 Å². The van der Waals surface area contributed by atoms with Crippen molar-refractivity contribution in [2.75, 3.05) is 11.9 Å². The number of benzene rings is 2. The van der Waals surface area contributed by atoms with Crippen molar-refractivity contribution in [1.82, 2.24) is 0 Å². The third kappa shape index (κ3) is 5.07. The molecule has 2 aromatic rings. The number of carbonyl (C=O) groups excluding carboxylic acids is 1. The molecule has 0 aliphatic heterocycles. The summed E-state index contributed by atoms with van der Waals surface area (Å²) in [6, 6.07) is 12.7. The van der Waals surface area contributed by atoms with Crippen molar-refractivity contribution in [3.63, 3.8) is 0 Å². The summed E-state index contributed by atoms with van der Waals surface area (Å²) in [5.41, 5.74) is 1.38. The molecule has 5 heteroatoms. The number of phenolic OH excluding ortho intramolecular Hbond substituents is 1. The topological polar surface area (TPSA) is 58.6 Å². The van der Waals surface area contributed by atoms with Gasteiger partial charge in [-0.3, -0.25) is 4.79 Å². The lowest BCUT2D eigenvalue weighted by Gasteiger charge is -2.09. The van der Waals surface area contributed by atoms with Gasteiger partial charge in [-0.15, -0.1) is 0 Å². The number of nitrogens with one attached hydrogen (secondary N) is 1. The third-order valence-electron chi connectivity index (χ3n) is 3.06. The van der Waals surface area contributed by atoms with Crippen molar-refractivity contribution < 1.29 is 14.6 Å². The molecule has 2 N–H and O–H groups in total. The minimum Gasteiger partial charge on any atom is -0.506 e. The van der Waals surface area contributed by atoms with Crippen molar-refractivity contribution in [2.45, 2.75) is 19.8 Å². The molecular weight excluding hydrogens is 346 g/mol. The number of anilines is 1. The zero-order chi connectivity index (χ0) is 15.9. The summed E-state index contributed by atoms with van der Waals surface area (Å²) in [7, 11) is 0. The number of aromatic hydroxyl groups is 1. The van der Waals surface area contributed by atoms with Gasteiger partial charge in [0.1, 0.15) is 11.5 Å². The predicted octanol–water partition coefficient (Wildman–Crippen LogP) is 4.26. The highest BCUT2D eigenvalue weighted by molar-refractivity contribution is 9.10. The Morgan fingerprint density at radius 1 is 1.23 bits per heavy atom. The van der Waals surface area contributed by atoms with Crippen LogP contribution in [-0.4, -0.2) is 17.6 Å². The maximum atomic E-state index is 11.8. The number of hydrogen-bond acceptors (Lipinski definition) is 3. The normalized spacial score (nSPS) is 10.3. The second kappa shape index (κ2) is 7.84. The highest BCUT2D eigenvalue weighted by Crippen LogP contribution is 2.24. The van der Waals surface area contributed by atoms with Crippen molar-refractivity contribution in [3.8, 4) is 11.5 Å². The Morgan fingerprint density at radius 2 is 1.95 bits per heavy atom. The van der Waals surface area contributed by atoms with Gasteiger partial charge in [0.25, 0.3) is 0 Å². The van der Waals surface area contributed by atoms with E-state index in [0.717, 1.165) is 15.8 Å². The van der Waals surface area contributed by atoms with Gasteiger partial charge in [0, 0.05) is 10.9 Å². The fraction of sp³-hybridized carbons (Fsp3) is 0.235. The van der Waals surface area contributed by atoms with Gasteiger partial charge in [0.15, 0.2) is 0 Å². The van der Waals surface area contributed by atoms with E-state index in [1.165, 1.54) is 0 Å². The van der Waals surface area contributed by atoms with Crippen LogP contribution in [0.5, 0.6) is 11.5 Å². The number of hydrogen-bond donors (Lipinski definition) is 2. The van der Waals surface area contributed by atoms with Crippen LogP contribution in [-0.2, 0) is 4.79 Å². The molecule has 0 aliphatic carbocycles. The number of rotatable bonds is 6. The summed E-state index contributed by atoms with van der Waals surface area (Å²) in [4.78, 5) is 11.8. The highest BCUT2D eigenvalue weighted by atomic mass is 79.9. The van der Waals surface area contributed by atoms with Crippen molar-refractivity contribution >= 4 is 27.5 Å². The minimum absolute atomic E-state index is 0.0828. The summed E-state index contributed by atoms with van der Waals surface area (Å²) in [6.45, 7) is 2.35. The average Bonchev–Trinajstić information content (AvgIpc) is 2.48. The number of phenols is 1. The smallest absolute Gasteiger partial charge is 0.224 e. The van der Waals surface area contributed by atoms with E-state index in [1.807, 2.05) is 37.3 Å². The first-order chi connectivity index (χ1) is 10.5. The van der Waals surface area contributed by atoms with Crippen molar-refractivity contribution in [1.29, 1.82) is 0 Å². The molecule has 0 atom stereocenters. The van der Waals surface area contributed by atoms with Crippen LogP contribution in [0.15, 0.2) is 46.9 Å². The van der Waals surface area contributed by atoms with Crippen LogP contribution in [0.1, 0.15) is 18.4 Å². The van der Waals surface area contributed by atoms with E-state index >= 15 is 0 Å². The average molecular weight is 364 g/mol. The van der Waals surface area contributed by atoms with Gasteiger partial charge in [-0.05, 0) is 55.3 Å². The molecule has 0 saturated carbocycles. The number of carbonyl (C=O) groups is 1. The van der Waals surface area contributed by atoms with Crippen LogP contribution in [0.25, 0.3) is 0 Å². The SMILES string of the molecule is Cc1ccc(NC(=O)CCCOc2ccc(Br)cc2)c(O)c1. The number of aryl methyl sites for hydroxylation is 1. The summed E-state index contributed by atoms with van der Waals surface area (Å²) in [6.07, 6.45) is 0.943. The Bertz CT molecular complexity index is 641. The second-order valence-electron chi connectivity index (χ2n) is 4.97. The molecule has 0 heterocycles. The quantitative estimate of drug-likeness (QED) is 0.595.